The summed E-state index contributed by atoms with van der Waals surface area (Å²) < 4.78 is 27.8. The number of fused-ring (bicyclic) bond motifs is 1. The van der Waals surface area contributed by atoms with Gasteiger partial charge in [-0.2, -0.15) is 9.97 Å². The number of nitrogens with zero attached hydrogens (tertiary/aromatic N) is 6. The number of hydrogen-bond donors (Lipinski definition) is 2. The van der Waals surface area contributed by atoms with Gasteiger partial charge in [-0.25, -0.2) is 9.37 Å². The van der Waals surface area contributed by atoms with E-state index >= 15 is 0 Å². The molecule has 5 rings (SSSR count). The molecule has 196 valence electrons. The predicted octanol–water partition coefficient (Wildman–Crippen LogP) is 1.25. The normalized spacial score (nSPS) is 16.6. The number of allylic oxidation sites excluding steroid dienone is 2. The first-order valence-corrected chi connectivity index (χ1v) is 12.7. The van der Waals surface area contributed by atoms with E-state index in [1.807, 2.05) is 49.0 Å². The minimum Gasteiger partial charge on any atom is -0.492 e. The molecule has 1 saturated heterocycles. The zero-order valence-corrected chi connectivity index (χ0v) is 21.4. The Kier molecular flexibility index (Phi) is 7.52. The van der Waals surface area contributed by atoms with Crippen LogP contribution in [0.1, 0.15) is 18.3 Å². The quantitative estimate of drug-likeness (QED) is 0.444. The van der Waals surface area contributed by atoms with E-state index in [0.717, 1.165) is 44.0 Å². The molecule has 0 bridgehead atoms. The van der Waals surface area contributed by atoms with Crippen LogP contribution in [0.3, 0.4) is 0 Å². The van der Waals surface area contributed by atoms with Crippen molar-refractivity contribution in [1.29, 1.82) is 0 Å². The number of hydrogen-bond acceptors (Lipinski definition) is 8. The fourth-order valence-electron chi connectivity index (χ4n) is 4.65. The third kappa shape index (κ3) is 5.83. The van der Waals surface area contributed by atoms with Crippen LogP contribution in [0.2, 0.25) is 0 Å². The van der Waals surface area contributed by atoms with E-state index in [1.54, 1.807) is 4.90 Å². The highest BCUT2D eigenvalue weighted by atomic mass is 19.1. The van der Waals surface area contributed by atoms with Crippen LogP contribution in [0, 0.1) is 0 Å². The van der Waals surface area contributed by atoms with Gasteiger partial charge in [0, 0.05) is 38.5 Å². The van der Waals surface area contributed by atoms with Gasteiger partial charge >= 0.3 is 6.01 Å². The maximum absolute atomic E-state index is 14.3. The van der Waals surface area contributed by atoms with E-state index in [4.69, 9.17) is 20.2 Å². The van der Waals surface area contributed by atoms with Crippen LogP contribution in [0.15, 0.2) is 42.4 Å². The lowest BCUT2D eigenvalue weighted by molar-refractivity contribution is -0.663. The third-order valence-corrected chi connectivity index (χ3v) is 6.44. The van der Waals surface area contributed by atoms with E-state index in [9.17, 15) is 4.39 Å². The van der Waals surface area contributed by atoms with Gasteiger partial charge in [0.2, 0.25) is 0 Å². The van der Waals surface area contributed by atoms with Gasteiger partial charge in [-0.1, -0.05) is 12.1 Å². The van der Waals surface area contributed by atoms with Crippen molar-refractivity contribution in [3.63, 3.8) is 0 Å². The number of benzene rings is 1. The first-order valence-electron chi connectivity index (χ1n) is 12.7. The fraction of sp³-hybridized carbons (Fsp3) is 0.423. The second-order valence-corrected chi connectivity index (χ2v) is 9.31. The van der Waals surface area contributed by atoms with Gasteiger partial charge in [0.05, 0.1) is 32.8 Å². The van der Waals surface area contributed by atoms with Crippen molar-refractivity contribution in [2.75, 3.05) is 65.3 Å². The van der Waals surface area contributed by atoms with Crippen LogP contribution in [-0.2, 0) is 6.54 Å². The number of likely N-dealkylation sites (N-methyl/N-ethyl adjacent to an activating group) is 1. The Balaban J connectivity index is 1.40. The fourth-order valence-corrected chi connectivity index (χ4v) is 4.65. The Morgan fingerprint density at radius 1 is 1.08 bits per heavy atom. The molecular formula is C26H34FN8O2+. The third-order valence-electron chi connectivity index (χ3n) is 6.44. The molecule has 1 aromatic carbocycles. The molecule has 0 atom stereocenters. The highest BCUT2D eigenvalue weighted by Crippen LogP contribution is 2.29. The zero-order valence-electron chi connectivity index (χ0n) is 21.4. The first kappa shape index (κ1) is 25.0. The Hall–Kier alpha value is -3.70. The van der Waals surface area contributed by atoms with E-state index < -0.39 is 0 Å². The average Bonchev–Trinajstić information content (AvgIpc) is 3.24. The van der Waals surface area contributed by atoms with Crippen LogP contribution in [0.25, 0.3) is 16.7 Å². The van der Waals surface area contributed by atoms with E-state index in [0.29, 0.717) is 42.3 Å². The molecule has 0 spiro atoms. The predicted molar refractivity (Wildman–Crippen MR) is 140 cm³/mol. The molecule has 0 saturated carbocycles. The van der Waals surface area contributed by atoms with Gasteiger partial charge in [0.15, 0.2) is 17.0 Å². The van der Waals surface area contributed by atoms with E-state index in [1.165, 1.54) is 6.08 Å². The van der Waals surface area contributed by atoms with Gasteiger partial charge in [-0.05, 0) is 30.7 Å². The van der Waals surface area contributed by atoms with Crippen molar-refractivity contribution in [1.82, 2.24) is 29.3 Å². The lowest BCUT2D eigenvalue weighted by atomic mass is 10.1. The monoisotopic (exact) mass is 509 g/mol. The Morgan fingerprint density at radius 2 is 1.86 bits per heavy atom. The average molecular weight is 510 g/mol. The van der Waals surface area contributed by atoms with Gasteiger partial charge in [-0.3, -0.25) is 4.90 Å². The lowest BCUT2D eigenvalue weighted by Gasteiger charge is -2.24. The van der Waals surface area contributed by atoms with E-state index in [-0.39, 0.29) is 24.2 Å². The minimum absolute atomic E-state index is 0.187. The number of nitrogen functional groups attached to an aromatic ring is 1. The number of aromatic nitrogens is 4. The summed E-state index contributed by atoms with van der Waals surface area (Å²) >= 11 is 0. The molecule has 0 radical (unpaired) electrons. The molecule has 0 amide bonds. The summed E-state index contributed by atoms with van der Waals surface area (Å²) in [5.41, 5.74) is 8.86. The standard InChI is InChI=1S/C26H33FN8O2/c1-3-36-26-31-23(28)22-25(32-26)35(24(30-22)19-14-20(27)17-33(2)16-19)15-18-4-6-21(7-5-18)37-13-12-34-10-8-29-9-11-34/h4-7,14,16,29H,3,8-13,15,17H2,1-2H3,(H2,28,31,32)/p+1. The van der Waals surface area contributed by atoms with Crippen LogP contribution in [0.4, 0.5) is 10.2 Å². The number of piperazine rings is 1. The molecule has 11 heteroatoms. The number of rotatable bonds is 9. The maximum atomic E-state index is 14.3. The summed E-state index contributed by atoms with van der Waals surface area (Å²) in [6.45, 7) is 9.04. The van der Waals surface area contributed by atoms with Crippen molar-refractivity contribution in [3.8, 4) is 11.8 Å². The minimum atomic E-state index is -0.239. The lowest BCUT2D eigenvalue weighted by Crippen LogP contribution is -2.89. The summed E-state index contributed by atoms with van der Waals surface area (Å²) in [4.78, 5) is 17.7. The highest BCUT2D eigenvalue weighted by molar-refractivity contribution is 5.86. The van der Waals surface area contributed by atoms with Gasteiger partial charge in [0.1, 0.15) is 24.0 Å². The smallest absolute Gasteiger partial charge is 0.320 e. The van der Waals surface area contributed by atoms with Crippen LogP contribution in [0.5, 0.6) is 11.8 Å². The molecule has 4 heterocycles. The largest absolute Gasteiger partial charge is 0.492 e. The summed E-state index contributed by atoms with van der Waals surface area (Å²) in [6.07, 6.45) is 3.37. The number of anilines is 1. The topological polar surface area (TPSA) is 111 Å². The molecule has 2 aromatic heterocycles. The Labute approximate surface area is 215 Å². The Morgan fingerprint density at radius 3 is 2.59 bits per heavy atom. The summed E-state index contributed by atoms with van der Waals surface area (Å²) in [5, 5.41) is 2.35. The SMILES string of the molecule is CCOc1nc(N)c2nc(C3=CN(C)CC(F)=C3)n(Cc3ccc(OCCN4CC[NH2+]CC4)cc3)c2n1. The molecule has 2 aliphatic rings. The highest BCUT2D eigenvalue weighted by Gasteiger charge is 2.22. The molecular weight excluding hydrogens is 475 g/mol. The van der Waals surface area contributed by atoms with Crippen molar-refractivity contribution in [2.45, 2.75) is 13.5 Å². The van der Waals surface area contributed by atoms with E-state index in [2.05, 4.69) is 20.2 Å². The van der Waals surface area contributed by atoms with Gasteiger partial charge in [-0.15, -0.1) is 0 Å². The second kappa shape index (κ2) is 11.1. The maximum Gasteiger partial charge on any atom is 0.320 e. The molecule has 4 N–H and O–H groups in total. The molecule has 3 aromatic rings. The van der Waals surface area contributed by atoms with Gasteiger partial charge < -0.3 is 30.0 Å². The molecule has 0 aliphatic carbocycles. The Bertz CT molecular complexity index is 1300. The van der Waals surface area contributed by atoms with Crippen LogP contribution >= 0.6 is 0 Å². The number of nitrogens with two attached hydrogens (primary N) is 2. The number of imidazole rings is 1. The van der Waals surface area contributed by atoms with Gasteiger partial charge in [0.25, 0.3) is 0 Å². The number of ether oxygens (including phenoxy) is 2. The molecule has 0 unspecified atom stereocenters. The second-order valence-electron chi connectivity index (χ2n) is 9.31. The van der Waals surface area contributed by atoms with Crippen LogP contribution in [-0.4, -0.2) is 88.8 Å². The van der Waals surface area contributed by atoms with Crippen molar-refractivity contribution < 1.29 is 19.2 Å². The summed E-state index contributed by atoms with van der Waals surface area (Å²) in [5.74, 6) is 1.37. The number of quaternary nitrogens is 1. The zero-order chi connectivity index (χ0) is 25.8. The molecule has 10 nitrogen and oxygen atoms in total. The van der Waals surface area contributed by atoms with Crippen LogP contribution < -0.4 is 20.5 Å². The molecule has 37 heavy (non-hydrogen) atoms. The van der Waals surface area contributed by atoms with Crippen molar-refractivity contribution in [3.05, 3.63) is 53.8 Å². The summed E-state index contributed by atoms with van der Waals surface area (Å²) in [7, 11) is 1.82. The van der Waals surface area contributed by atoms with Crippen molar-refractivity contribution >= 4 is 22.6 Å². The molecule has 2 aliphatic heterocycles. The number of halogens is 1. The summed E-state index contributed by atoms with van der Waals surface area (Å²) in [6, 6.07) is 8.17. The van der Waals surface area contributed by atoms with Crippen molar-refractivity contribution in [2.24, 2.45) is 0 Å². The molecule has 1 fully saturated rings. The first-order chi connectivity index (χ1) is 18.0.